The Morgan fingerprint density at radius 3 is 2.72 bits per heavy atom. The highest BCUT2D eigenvalue weighted by atomic mass is 19.1. The van der Waals surface area contributed by atoms with Crippen LogP contribution in [0.2, 0.25) is 0 Å². The Labute approximate surface area is 205 Å². The number of hydrogen-bond acceptors (Lipinski definition) is 5. The molecule has 5 rings (SSSR count). The number of hydrogen-bond donors (Lipinski definition) is 3. The number of nitrogens with one attached hydrogen (secondary N) is 3. The summed E-state index contributed by atoms with van der Waals surface area (Å²) in [7, 11) is 0. The van der Waals surface area contributed by atoms with Crippen LogP contribution in [0.1, 0.15) is 42.6 Å². The molecule has 1 saturated carbocycles. The number of aromatic nitrogens is 1. The van der Waals surface area contributed by atoms with E-state index in [0.29, 0.717) is 31.3 Å². The Kier molecular flexibility index (Phi) is 6.50. The number of morpholine rings is 1. The number of aromatic amines is 1. The number of alkyl halides is 1. The predicted molar refractivity (Wildman–Crippen MR) is 124 cm³/mol. The normalized spacial score (nSPS) is 23.8. The second-order valence-electron chi connectivity index (χ2n) is 9.73. The zero-order valence-corrected chi connectivity index (χ0v) is 19.6. The van der Waals surface area contributed by atoms with Gasteiger partial charge in [0.1, 0.15) is 24.2 Å². The topological polar surface area (TPSA) is 121 Å². The maximum Gasteiger partial charge on any atom is 0.271 e. The van der Waals surface area contributed by atoms with Crippen LogP contribution >= 0.6 is 0 Å². The lowest BCUT2D eigenvalue weighted by Gasteiger charge is -2.53. The highest BCUT2D eigenvalue weighted by Crippen LogP contribution is 2.43. The van der Waals surface area contributed by atoms with Gasteiger partial charge < -0.3 is 25.3 Å². The third-order valence-electron chi connectivity index (χ3n) is 7.60. The molecule has 3 fully saturated rings. The number of halogens is 2. The molecule has 1 aliphatic carbocycles. The SMILES string of the molecule is O=C(CF)C(C[C@@H]1CCNC1=O)NC(=O)C1N(C(=O)c2cc3c(F)cccc3[nH]2)CCOC12CCC2. The number of nitrogens with zero attached hydrogens (tertiary/aromatic N) is 1. The molecule has 2 unspecified atom stereocenters. The monoisotopic (exact) mass is 502 g/mol. The van der Waals surface area contributed by atoms with Gasteiger partial charge in [-0.3, -0.25) is 19.2 Å². The Bertz CT molecular complexity index is 1210. The molecule has 3 heterocycles. The van der Waals surface area contributed by atoms with Crippen molar-refractivity contribution in [2.24, 2.45) is 5.92 Å². The number of ether oxygens (including phenoxy) is 1. The summed E-state index contributed by atoms with van der Waals surface area (Å²) in [6, 6.07) is 3.64. The van der Waals surface area contributed by atoms with Crippen LogP contribution in [0.25, 0.3) is 10.9 Å². The number of Topliss-reactive ketones (excluding diaryl/α,β-unsaturated/α-hetero) is 1. The van der Waals surface area contributed by atoms with Crippen LogP contribution in [0, 0.1) is 11.7 Å². The Balaban J connectivity index is 1.42. The summed E-state index contributed by atoms with van der Waals surface area (Å²) in [5, 5.41) is 5.56. The zero-order valence-electron chi connectivity index (χ0n) is 19.6. The summed E-state index contributed by atoms with van der Waals surface area (Å²) in [5.74, 6) is -3.17. The van der Waals surface area contributed by atoms with Gasteiger partial charge in [0.25, 0.3) is 5.91 Å². The smallest absolute Gasteiger partial charge is 0.271 e. The molecule has 3 N–H and O–H groups in total. The fourth-order valence-corrected chi connectivity index (χ4v) is 5.54. The lowest BCUT2D eigenvalue weighted by molar-refractivity contribution is -0.184. The lowest BCUT2D eigenvalue weighted by Crippen LogP contribution is -2.69. The zero-order chi connectivity index (χ0) is 25.4. The van der Waals surface area contributed by atoms with Gasteiger partial charge in [0.05, 0.1) is 18.2 Å². The van der Waals surface area contributed by atoms with Crippen molar-refractivity contribution in [2.45, 2.75) is 49.8 Å². The first kappa shape index (κ1) is 24.4. The van der Waals surface area contributed by atoms with E-state index in [2.05, 4.69) is 15.6 Å². The van der Waals surface area contributed by atoms with E-state index in [9.17, 15) is 28.0 Å². The van der Waals surface area contributed by atoms with E-state index in [0.717, 1.165) is 6.42 Å². The molecule has 36 heavy (non-hydrogen) atoms. The fourth-order valence-electron chi connectivity index (χ4n) is 5.54. The molecule has 0 bridgehead atoms. The quantitative estimate of drug-likeness (QED) is 0.532. The van der Waals surface area contributed by atoms with Crippen molar-refractivity contribution in [1.29, 1.82) is 0 Å². The molecule has 2 saturated heterocycles. The summed E-state index contributed by atoms with van der Waals surface area (Å²) >= 11 is 0. The van der Waals surface area contributed by atoms with E-state index in [-0.39, 0.29) is 36.6 Å². The van der Waals surface area contributed by atoms with Crippen molar-refractivity contribution < 1.29 is 32.7 Å². The number of fused-ring (bicyclic) bond motifs is 1. The molecule has 3 amide bonds. The first-order chi connectivity index (χ1) is 17.3. The summed E-state index contributed by atoms with van der Waals surface area (Å²) in [6.45, 7) is -0.488. The molecule has 1 spiro atoms. The van der Waals surface area contributed by atoms with E-state index in [1.165, 1.54) is 23.1 Å². The van der Waals surface area contributed by atoms with E-state index in [1.807, 2.05) is 0 Å². The van der Waals surface area contributed by atoms with Gasteiger partial charge in [0.2, 0.25) is 11.8 Å². The van der Waals surface area contributed by atoms with Gasteiger partial charge in [-0.25, -0.2) is 8.78 Å². The molecular formula is C25H28F2N4O5. The highest BCUT2D eigenvalue weighted by molar-refractivity contribution is 6.01. The van der Waals surface area contributed by atoms with Crippen LogP contribution in [0.4, 0.5) is 8.78 Å². The Morgan fingerprint density at radius 1 is 1.28 bits per heavy atom. The number of ketones is 1. The van der Waals surface area contributed by atoms with Crippen LogP contribution in [0.15, 0.2) is 24.3 Å². The minimum atomic E-state index is -1.28. The van der Waals surface area contributed by atoms with E-state index >= 15 is 0 Å². The molecule has 192 valence electrons. The largest absolute Gasteiger partial charge is 0.370 e. The summed E-state index contributed by atoms with van der Waals surface area (Å²) < 4.78 is 33.6. The number of amides is 3. The van der Waals surface area contributed by atoms with Crippen LogP contribution < -0.4 is 10.6 Å². The number of H-pyrrole nitrogens is 1. The average molecular weight is 503 g/mol. The fraction of sp³-hybridized carbons (Fsp3) is 0.520. The molecular weight excluding hydrogens is 474 g/mol. The standard InChI is InChI=1S/C25H28F2N4O5/c26-13-20(32)18(11-14-5-8-28-22(14)33)30-23(34)21-25(6-2-7-25)36-10-9-31(21)24(35)19-12-15-16(27)3-1-4-17(15)29-19/h1,3-4,12,14,18,21,29H,2,5-11,13H2,(H,28,33)(H,30,34)/t14-,18?,21?/m0/s1. The minimum absolute atomic E-state index is 0.0177. The lowest BCUT2D eigenvalue weighted by atomic mass is 9.72. The van der Waals surface area contributed by atoms with Crippen LogP contribution in [0.3, 0.4) is 0 Å². The second-order valence-corrected chi connectivity index (χ2v) is 9.73. The number of rotatable bonds is 7. The maximum atomic E-state index is 14.2. The first-order valence-electron chi connectivity index (χ1n) is 12.2. The Hall–Kier alpha value is -3.34. The van der Waals surface area contributed by atoms with Gasteiger partial charge in [-0.1, -0.05) is 6.07 Å². The molecule has 2 aromatic rings. The first-order valence-corrected chi connectivity index (χ1v) is 12.2. The maximum absolute atomic E-state index is 14.2. The molecule has 0 radical (unpaired) electrons. The number of carbonyl (C=O) groups is 4. The van der Waals surface area contributed by atoms with Gasteiger partial charge in [0.15, 0.2) is 5.78 Å². The molecule has 11 heteroatoms. The third kappa shape index (κ3) is 4.25. The average Bonchev–Trinajstić information content (AvgIpc) is 3.48. The summed E-state index contributed by atoms with van der Waals surface area (Å²) in [5.41, 5.74) is -0.332. The van der Waals surface area contributed by atoms with Crippen molar-refractivity contribution in [3.8, 4) is 0 Å². The van der Waals surface area contributed by atoms with Gasteiger partial charge >= 0.3 is 0 Å². The molecule has 1 aromatic heterocycles. The minimum Gasteiger partial charge on any atom is -0.370 e. The molecule has 3 aliphatic rings. The number of carbonyl (C=O) groups excluding carboxylic acids is 4. The third-order valence-corrected chi connectivity index (χ3v) is 7.60. The second kappa shape index (κ2) is 9.61. The van der Waals surface area contributed by atoms with Crippen LogP contribution in [-0.2, 0) is 19.1 Å². The van der Waals surface area contributed by atoms with Crippen molar-refractivity contribution in [3.63, 3.8) is 0 Å². The van der Waals surface area contributed by atoms with Crippen molar-refractivity contribution in [2.75, 3.05) is 26.4 Å². The van der Waals surface area contributed by atoms with Crippen molar-refractivity contribution in [3.05, 3.63) is 35.8 Å². The molecule has 3 atom stereocenters. The van der Waals surface area contributed by atoms with E-state index < -0.39 is 53.7 Å². The van der Waals surface area contributed by atoms with Gasteiger partial charge in [-0.15, -0.1) is 0 Å². The van der Waals surface area contributed by atoms with Gasteiger partial charge in [0, 0.05) is 29.9 Å². The van der Waals surface area contributed by atoms with Crippen molar-refractivity contribution in [1.82, 2.24) is 20.5 Å². The van der Waals surface area contributed by atoms with Crippen LogP contribution in [0.5, 0.6) is 0 Å². The van der Waals surface area contributed by atoms with Crippen LogP contribution in [-0.4, -0.2) is 77.4 Å². The molecule has 2 aliphatic heterocycles. The molecule has 1 aromatic carbocycles. The van der Waals surface area contributed by atoms with Gasteiger partial charge in [-0.2, -0.15) is 0 Å². The highest BCUT2D eigenvalue weighted by Gasteiger charge is 2.55. The molecule has 9 nitrogen and oxygen atoms in total. The van der Waals surface area contributed by atoms with Gasteiger partial charge in [-0.05, 0) is 50.3 Å². The van der Waals surface area contributed by atoms with E-state index in [4.69, 9.17) is 4.74 Å². The summed E-state index contributed by atoms with van der Waals surface area (Å²) in [6.07, 6.45) is 2.36. The number of benzene rings is 1. The Morgan fingerprint density at radius 2 is 2.08 bits per heavy atom. The summed E-state index contributed by atoms with van der Waals surface area (Å²) in [4.78, 5) is 55.9. The predicted octanol–water partition coefficient (Wildman–Crippen LogP) is 1.62. The van der Waals surface area contributed by atoms with Crippen molar-refractivity contribution >= 4 is 34.4 Å². The van der Waals surface area contributed by atoms with E-state index in [1.54, 1.807) is 6.07 Å².